The van der Waals surface area contributed by atoms with Crippen molar-refractivity contribution in [3.05, 3.63) is 97.2 Å². The minimum Gasteiger partial charge on any atom is -0.462 e. The van der Waals surface area contributed by atoms with Crippen LogP contribution < -0.4 is 0 Å². The molecule has 0 amide bonds. The summed E-state index contributed by atoms with van der Waals surface area (Å²) < 4.78 is 16.7. The van der Waals surface area contributed by atoms with Crippen LogP contribution in [0.25, 0.3) is 0 Å². The molecule has 6 heteroatoms. The molecule has 0 bridgehead atoms. The normalized spacial score (nSPS) is 12.8. The van der Waals surface area contributed by atoms with Gasteiger partial charge in [0.25, 0.3) is 0 Å². The molecule has 1 atom stereocenters. The van der Waals surface area contributed by atoms with E-state index in [4.69, 9.17) is 14.2 Å². The van der Waals surface area contributed by atoms with Crippen molar-refractivity contribution < 1.29 is 28.6 Å². The van der Waals surface area contributed by atoms with E-state index in [1.165, 1.54) is 109 Å². The van der Waals surface area contributed by atoms with Gasteiger partial charge in [-0.3, -0.25) is 14.4 Å². The van der Waals surface area contributed by atoms with Crippen LogP contribution in [0, 0.1) is 0 Å². The first-order valence-corrected chi connectivity index (χ1v) is 27.2. The molecule has 0 fully saturated rings. The van der Waals surface area contributed by atoms with E-state index in [0.29, 0.717) is 19.3 Å². The van der Waals surface area contributed by atoms with E-state index in [0.717, 1.165) is 89.9 Å². The molecule has 0 N–H and O–H groups in total. The van der Waals surface area contributed by atoms with E-state index < -0.39 is 12.1 Å². The number of rotatable bonds is 48. The van der Waals surface area contributed by atoms with Crippen LogP contribution in [0.4, 0.5) is 0 Å². The Bertz CT molecular complexity index is 1330. The molecule has 6 nitrogen and oxygen atoms in total. The Kier molecular flexibility index (Phi) is 50.9. The zero-order valence-electron chi connectivity index (χ0n) is 42.9. The minimum absolute atomic E-state index is 0.105. The number of hydrogen-bond donors (Lipinski definition) is 0. The quantitative estimate of drug-likeness (QED) is 0.0262. The van der Waals surface area contributed by atoms with Crippen molar-refractivity contribution in [2.45, 2.75) is 252 Å². The van der Waals surface area contributed by atoms with Crippen molar-refractivity contribution in [3.63, 3.8) is 0 Å². The van der Waals surface area contributed by atoms with Gasteiger partial charge in [0.15, 0.2) is 6.10 Å². The average Bonchev–Trinajstić information content (AvgIpc) is 3.31. The van der Waals surface area contributed by atoms with Gasteiger partial charge in [-0.1, -0.05) is 240 Å². The summed E-state index contributed by atoms with van der Waals surface area (Å²) >= 11 is 0. The number of hydrogen-bond acceptors (Lipinski definition) is 6. The van der Waals surface area contributed by atoms with E-state index in [2.05, 4.69) is 106 Å². The third-order valence-corrected chi connectivity index (χ3v) is 11.3. The molecule has 66 heavy (non-hydrogen) atoms. The average molecular weight is 917 g/mol. The van der Waals surface area contributed by atoms with Gasteiger partial charge in [0.1, 0.15) is 13.2 Å². The second-order valence-electron chi connectivity index (χ2n) is 17.7. The molecule has 0 aromatic heterocycles. The van der Waals surface area contributed by atoms with Gasteiger partial charge in [0, 0.05) is 19.3 Å². The largest absolute Gasteiger partial charge is 0.462 e. The van der Waals surface area contributed by atoms with Crippen LogP contribution >= 0.6 is 0 Å². The third kappa shape index (κ3) is 51.3. The molecule has 0 aromatic rings. The second-order valence-corrected chi connectivity index (χ2v) is 17.7. The maximum Gasteiger partial charge on any atom is 0.306 e. The Morgan fingerprint density at radius 2 is 0.621 bits per heavy atom. The fourth-order valence-electron chi connectivity index (χ4n) is 7.33. The Labute approximate surface area is 407 Å². The lowest BCUT2D eigenvalue weighted by Crippen LogP contribution is -2.30. The first-order chi connectivity index (χ1) is 32.5. The standard InChI is InChI=1S/C60H100O6/c1-4-7-10-13-16-19-22-24-25-26-27-28-29-30-31-32-33-34-35-37-38-41-44-47-50-53-59(62)65-56-57(55-64-58(61)52-49-46-43-40-21-18-15-12-9-6-3)66-60(63)54-51-48-45-42-39-36-23-20-17-14-11-8-5-2/h7-8,10-11,16-17,19-20,24-25,27-28,36,39,45,48,57H,4-6,9,12-15,18,21-23,26,29-35,37-38,40-44,46-47,49-56H2,1-3H3/b10-7-,11-8-,19-16-,20-17-,25-24-,28-27-,39-36-,48-45-. The van der Waals surface area contributed by atoms with Crippen LogP contribution in [0.15, 0.2) is 97.2 Å². The highest BCUT2D eigenvalue weighted by atomic mass is 16.6. The summed E-state index contributed by atoms with van der Waals surface area (Å²) in [7, 11) is 0. The molecule has 376 valence electrons. The molecule has 0 saturated carbocycles. The topological polar surface area (TPSA) is 78.9 Å². The SMILES string of the molecule is CC/C=C\C/C=C\C/C=C\C/C=C\CCCCCCCCCCCCCCC(=O)OCC(COC(=O)CCCCCCCCCCCC)OC(=O)CC/C=C\C/C=C\C/C=C\C/C=C\CC. The maximum atomic E-state index is 12.7. The number of ether oxygens (including phenoxy) is 3. The summed E-state index contributed by atoms with van der Waals surface area (Å²) in [5.41, 5.74) is 0. The fraction of sp³-hybridized carbons (Fsp3) is 0.683. The predicted molar refractivity (Wildman–Crippen MR) is 284 cm³/mol. The van der Waals surface area contributed by atoms with Crippen molar-refractivity contribution >= 4 is 17.9 Å². The Morgan fingerprint density at radius 1 is 0.318 bits per heavy atom. The molecular weight excluding hydrogens is 817 g/mol. The highest BCUT2D eigenvalue weighted by Crippen LogP contribution is 2.15. The van der Waals surface area contributed by atoms with Crippen LogP contribution in [-0.4, -0.2) is 37.2 Å². The number of unbranched alkanes of at least 4 members (excludes halogenated alkanes) is 21. The number of carbonyl (C=O) groups excluding carboxylic acids is 3. The summed E-state index contributed by atoms with van der Waals surface area (Å²) in [6, 6.07) is 0. The summed E-state index contributed by atoms with van der Waals surface area (Å²) in [4.78, 5) is 37.9. The van der Waals surface area contributed by atoms with E-state index >= 15 is 0 Å². The number of esters is 3. The molecule has 0 heterocycles. The van der Waals surface area contributed by atoms with Crippen molar-refractivity contribution in [2.24, 2.45) is 0 Å². The van der Waals surface area contributed by atoms with Gasteiger partial charge in [0.2, 0.25) is 0 Å². The smallest absolute Gasteiger partial charge is 0.306 e. The van der Waals surface area contributed by atoms with Crippen LogP contribution in [0.2, 0.25) is 0 Å². The van der Waals surface area contributed by atoms with Crippen molar-refractivity contribution in [1.29, 1.82) is 0 Å². The Morgan fingerprint density at radius 3 is 0.985 bits per heavy atom. The van der Waals surface area contributed by atoms with Crippen molar-refractivity contribution in [2.75, 3.05) is 13.2 Å². The van der Waals surface area contributed by atoms with Crippen molar-refractivity contribution in [3.8, 4) is 0 Å². The summed E-state index contributed by atoms with van der Waals surface area (Å²) in [5, 5.41) is 0. The van der Waals surface area contributed by atoms with Gasteiger partial charge < -0.3 is 14.2 Å². The molecule has 0 aliphatic carbocycles. The van der Waals surface area contributed by atoms with Gasteiger partial charge in [-0.25, -0.2) is 0 Å². The zero-order chi connectivity index (χ0) is 47.9. The Hall–Kier alpha value is -3.67. The third-order valence-electron chi connectivity index (χ3n) is 11.3. The highest BCUT2D eigenvalue weighted by Gasteiger charge is 2.19. The van der Waals surface area contributed by atoms with Crippen LogP contribution in [0.3, 0.4) is 0 Å². The molecule has 0 aromatic carbocycles. The fourth-order valence-corrected chi connectivity index (χ4v) is 7.33. The van der Waals surface area contributed by atoms with E-state index in [9.17, 15) is 14.4 Å². The molecule has 0 saturated heterocycles. The lowest BCUT2D eigenvalue weighted by molar-refractivity contribution is -0.166. The lowest BCUT2D eigenvalue weighted by Gasteiger charge is -2.18. The van der Waals surface area contributed by atoms with E-state index in [1.807, 2.05) is 12.2 Å². The monoisotopic (exact) mass is 917 g/mol. The molecule has 0 spiro atoms. The van der Waals surface area contributed by atoms with E-state index in [-0.39, 0.29) is 31.6 Å². The van der Waals surface area contributed by atoms with Gasteiger partial charge in [-0.2, -0.15) is 0 Å². The van der Waals surface area contributed by atoms with E-state index in [1.54, 1.807) is 0 Å². The van der Waals surface area contributed by atoms with Gasteiger partial charge in [0.05, 0.1) is 0 Å². The summed E-state index contributed by atoms with van der Waals surface area (Å²) in [6.45, 7) is 6.33. The second kappa shape index (κ2) is 53.9. The number of allylic oxidation sites excluding steroid dienone is 16. The summed E-state index contributed by atoms with van der Waals surface area (Å²) in [5.74, 6) is -0.991. The molecule has 0 aliphatic rings. The maximum absolute atomic E-state index is 12.7. The van der Waals surface area contributed by atoms with Crippen LogP contribution in [-0.2, 0) is 28.6 Å². The summed E-state index contributed by atoms with van der Waals surface area (Å²) in [6.07, 6.45) is 71.4. The van der Waals surface area contributed by atoms with Crippen molar-refractivity contribution in [1.82, 2.24) is 0 Å². The molecule has 0 rings (SSSR count). The van der Waals surface area contributed by atoms with Gasteiger partial charge in [-0.15, -0.1) is 0 Å². The van der Waals surface area contributed by atoms with Gasteiger partial charge >= 0.3 is 17.9 Å². The van der Waals surface area contributed by atoms with Crippen LogP contribution in [0.1, 0.15) is 245 Å². The zero-order valence-corrected chi connectivity index (χ0v) is 42.9. The lowest BCUT2D eigenvalue weighted by atomic mass is 10.0. The first kappa shape index (κ1) is 62.3. The first-order valence-electron chi connectivity index (χ1n) is 27.2. The van der Waals surface area contributed by atoms with Crippen LogP contribution in [0.5, 0.6) is 0 Å². The molecule has 0 aliphatic heterocycles. The molecule has 0 radical (unpaired) electrons. The van der Waals surface area contributed by atoms with Gasteiger partial charge in [-0.05, 0) is 83.5 Å². The minimum atomic E-state index is -0.813. The molecule has 1 unspecified atom stereocenters. The molecular formula is C60H100O6. The number of carbonyl (C=O) groups is 3. The predicted octanol–water partition coefficient (Wildman–Crippen LogP) is 18.1. The highest BCUT2D eigenvalue weighted by molar-refractivity contribution is 5.71. The Balaban J connectivity index is 4.28.